The van der Waals surface area contributed by atoms with E-state index in [-0.39, 0.29) is 56.9 Å². The van der Waals surface area contributed by atoms with E-state index in [0.29, 0.717) is 6.54 Å². The fourth-order valence-electron chi connectivity index (χ4n) is 2.25. The van der Waals surface area contributed by atoms with Gasteiger partial charge in [0.25, 0.3) is 0 Å². The number of nitrogens with zero attached hydrogens (tertiary/aromatic N) is 2. The number of halogens is 3. The number of rotatable bonds is 5. The van der Waals surface area contributed by atoms with Gasteiger partial charge in [-0.1, -0.05) is 0 Å². The normalized spacial score (nSPS) is 19.5. The Balaban J connectivity index is 0.00000225. The molecular formula is C9H19BF3KN2. The number of likely N-dealkylation sites (N-methyl/N-ethyl adjacent to an activating group) is 2. The summed E-state index contributed by atoms with van der Waals surface area (Å²) in [6, 6.07) is 0. The maximum absolute atomic E-state index is 12.2. The van der Waals surface area contributed by atoms with Gasteiger partial charge in [-0.15, -0.1) is 0 Å². The van der Waals surface area contributed by atoms with Gasteiger partial charge in [0.05, 0.1) is 0 Å². The molecule has 0 unspecified atom stereocenters. The van der Waals surface area contributed by atoms with Crippen molar-refractivity contribution in [1.29, 1.82) is 0 Å². The van der Waals surface area contributed by atoms with Crippen LogP contribution in [0.25, 0.3) is 0 Å². The van der Waals surface area contributed by atoms with Gasteiger partial charge in [-0.2, -0.15) is 0 Å². The molecule has 16 heavy (non-hydrogen) atoms. The molecule has 1 fully saturated rings. The molecule has 2 nitrogen and oxygen atoms in total. The second-order valence-electron chi connectivity index (χ2n) is 4.88. The summed E-state index contributed by atoms with van der Waals surface area (Å²) in [5, 5.41) is 0. The van der Waals surface area contributed by atoms with Crippen LogP contribution in [0.2, 0.25) is 0 Å². The van der Waals surface area contributed by atoms with Gasteiger partial charge >= 0.3 is 58.4 Å². The first-order valence-electron chi connectivity index (χ1n) is 5.32. The van der Waals surface area contributed by atoms with E-state index >= 15 is 0 Å². The number of hydrogen-bond acceptors (Lipinski definition) is 2. The number of hydrogen-bond donors (Lipinski definition) is 0. The second kappa shape index (κ2) is 6.54. The van der Waals surface area contributed by atoms with Gasteiger partial charge in [-0.05, 0) is 46.8 Å². The zero-order chi connectivity index (χ0) is 11.7. The van der Waals surface area contributed by atoms with E-state index in [1.807, 2.05) is 14.1 Å². The molecule has 0 N–H and O–H groups in total. The van der Waals surface area contributed by atoms with Crippen LogP contribution in [0.1, 0.15) is 19.3 Å². The summed E-state index contributed by atoms with van der Waals surface area (Å²) in [5.74, 6) is 0. The molecule has 0 amide bonds. The molecule has 1 rings (SSSR count). The molecule has 7 heteroatoms. The first kappa shape index (κ1) is 17.4. The van der Waals surface area contributed by atoms with Crippen LogP contribution in [0.3, 0.4) is 0 Å². The maximum Gasteiger partial charge on any atom is 1.00 e. The minimum atomic E-state index is -4.70. The zero-order valence-electron chi connectivity index (χ0n) is 10.6. The average Bonchev–Trinajstić information content (AvgIpc) is 1.92. The summed E-state index contributed by atoms with van der Waals surface area (Å²) in [7, 11) is 5.45. The van der Waals surface area contributed by atoms with Gasteiger partial charge in [0.2, 0.25) is 0 Å². The zero-order valence-corrected chi connectivity index (χ0v) is 13.8. The third-order valence-corrected chi connectivity index (χ3v) is 3.32. The molecule has 0 bridgehead atoms. The van der Waals surface area contributed by atoms with E-state index in [1.54, 1.807) is 7.05 Å². The van der Waals surface area contributed by atoms with Crippen molar-refractivity contribution >= 4 is 6.98 Å². The molecule has 1 aliphatic carbocycles. The van der Waals surface area contributed by atoms with Crippen LogP contribution < -0.4 is 51.4 Å². The molecule has 0 atom stereocenters. The predicted molar refractivity (Wildman–Crippen MR) is 56.8 cm³/mol. The average molecular weight is 262 g/mol. The fraction of sp³-hybridized carbons (Fsp3) is 1.00. The van der Waals surface area contributed by atoms with E-state index in [0.717, 1.165) is 19.3 Å². The molecule has 0 aliphatic heterocycles. The third-order valence-electron chi connectivity index (χ3n) is 3.32. The van der Waals surface area contributed by atoms with Gasteiger partial charge in [0.1, 0.15) is 0 Å². The van der Waals surface area contributed by atoms with Gasteiger partial charge in [0, 0.05) is 12.1 Å². The van der Waals surface area contributed by atoms with Crippen molar-refractivity contribution in [3.8, 4) is 0 Å². The SMILES string of the molecule is CN(C[B-](F)(F)F)CC1(N(C)C)CCC1.[K+]. The van der Waals surface area contributed by atoms with Crippen LogP contribution in [0.5, 0.6) is 0 Å². The van der Waals surface area contributed by atoms with Crippen LogP contribution in [-0.4, -0.2) is 56.4 Å². The third kappa shape index (κ3) is 4.96. The van der Waals surface area contributed by atoms with Crippen molar-refractivity contribution in [3.63, 3.8) is 0 Å². The molecule has 0 spiro atoms. The summed E-state index contributed by atoms with van der Waals surface area (Å²) in [6.45, 7) is -4.18. The predicted octanol–water partition coefficient (Wildman–Crippen LogP) is -1.21. The summed E-state index contributed by atoms with van der Waals surface area (Å²) < 4.78 is 36.6. The molecule has 1 saturated carbocycles. The summed E-state index contributed by atoms with van der Waals surface area (Å²) in [5.41, 5.74) is -0.0178. The van der Waals surface area contributed by atoms with Crippen LogP contribution in [0.4, 0.5) is 12.9 Å². The Morgan fingerprint density at radius 3 is 1.88 bits per heavy atom. The summed E-state index contributed by atoms with van der Waals surface area (Å²) in [6.07, 6.45) is 2.39. The monoisotopic (exact) mass is 262 g/mol. The molecule has 0 saturated heterocycles. The summed E-state index contributed by atoms with van der Waals surface area (Å²) >= 11 is 0. The molecular weight excluding hydrogens is 243 g/mol. The van der Waals surface area contributed by atoms with Gasteiger partial charge in [-0.25, -0.2) is 0 Å². The Bertz CT molecular complexity index is 219. The Kier molecular flexibility index (Phi) is 7.12. The van der Waals surface area contributed by atoms with E-state index < -0.39 is 13.4 Å². The Morgan fingerprint density at radius 1 is 1.12 bits per heavy atom. The fourth-order valence-corrected chi connectivity index (χ4v) is 2.25. The Morgan fingerprint density at radius 2 is 1.62 bits per heavy atom. The van der Waals surface area contributed by atoms with Crippen LogP contribution in [-0.2, 0) is 0 Å². The topological polar surface area (TPSA) is 6.48 Å². The van der Waals surface area contributed by atoms with Crippen LogP contribution in [0.15, 0.2) is 0 Å². The first-order valence-corrected chi connectivity index (χ1v) is 5.32. The van der Waals surface area contributed by atoms with Crippen LogP contribution in [0, 0.1) is 0 Å². The Labute approximate surface area is 138 Å². The summed E-state index contributed by atoms with van der Waals surface area (Å²) in [4.78, 5) is 3.47. The maximum atomic E-state index is 12.2. The quantitative estimate of drug-likeness (QED) is 0.574. The molecule has 0 aromatic carbocycles. The molecule has 0 radical (unpaired) electrons. The smallest absolute Gasteiger partial charge is 0.448 e. The molecule has 1 aliphatic rings. The standard InChI is InChI=1S/C9H19BF3N2.K/c1-14(2)9(5-4-6-9)7-15(3)8-10(11,12)13;/h4-8H2,1-3H3;/q-1;+1. The molecule has 90 valence electrons. The van der Waals surface area contributed by atoms with Gasteiger partial charge in [0.15, 0.2) is 0 Å². The molecule has 0 aromatic heterocycles. The molecule has 0 aromatic rings. The molecule has 0 heterocycles. The van der Waals surface area contributed by atoms with E-state index in [1.165, 1.54) is 4.90 Å². The van der Waals surface area contributed by atoms with E-state index in [4.69, 9.17) is 0 Å². The Hall–Kier alpha value is 1.41. The van der Waals surface area contributed by atoms with Gasteiger partial charge < -0.3 is 22.7 Å². The van der Waals surface area contributed by atoms with Gasteiger partial charge in [-0.3, -0.25) is 0 Å². The first-order chi connectivity index (χ1) is 6.75. The largest absolute Gasteiger partial charge is 1.00 e. The van der Waals surface area contributed by atoms with Crippen molar-refractivity contribution in [2.45, 2.75) is 24.8 Å². The minimum Gasteiger partial charge on any atom is -0.448 e. The van der Waals surface area contributed by atoms with Crippen molar-refractivity contribution in [2.75, 3.05) is 34.1 Å². The second-order valence-corrected chi connectivity index (χ2v) is 4.88. The van der Waals surface area contributed by atoms with E-state index in [2.05, 4.69) is 4.90 Å². The minimum absolute atomic E-state index is 0. The van der Waals surface area contributed by atoms with Crippen molar-refractivity contribution in [3.05, 3.63) is 0 Å². The van der Waals surface area contributed by atoms with Crippen LogP contribution >= 0.6 is 0 Å². The van der Waals surface area contributed by atoms with Crippen molar-refractivity contribution < 1.29 is 64.3 Å². The van der Waals surface area contributed by atoms with Crippen molar-refractivity contribution in [2.24, 2.45) is 0 Å². The van der Waals surface area contributed by atoms with Crippen molar-refractivity contribution in [1.82, 2.24) is 9.80 Å². The van der Waals surface area contributed by atoms with E-state index in [9.17, 15) is 12.9 Å².